The zero-order chi connectivity index (χ0) is 36.3. The van der Waals surface area contributed by atoms with Gasteiger partial charge in [0, 0.05) is 27.6 Å². The highest BCUT2D eigenvalue weighted by atomic mass is 16.3. The molecule has 258 valence electrons. The number of hydrogen-bond donors (Lipinski definition) is 0. The Kier molecular flexibility index (Phi) is 6.39. The third-order valence-corrected chi connectivity index (χ3v) is 12.5. The summed E-state index contributed by atoms with van der Waals surface area (Å²) in [6.07, 6.45) is 0. The second-order valence-electron chi connectivity index (χ2n) is 16.1. The largest absolute Gasteiger partial charge is 0.456 e. The quantitative estimate of drug-likeness (QED) is 0.182. The first-order valence-corrected chi connectivity index (χ1v) is 19.0. The molecule has 9 aromatic rings. The molecule has 0 saturated carbocycles. The van der Waals surface area contributed by atoms with Crippen LogP contribution in [-0.2, 0) is 10.8 Å². The molecule has 1 heterocycles. The molecule has 2 aliphatic rings. The van der Waals surface area contributed by atoms with E-state index in [2.05, 4.69) is 196 Å². The van der Waals surface area contributed by atoms with Gasteiger partial charge in [0.1, 0.15) is 11.2 Å². The molecular formula is C52H39NO. The molecule has 0 unspecified atom stereocenters. The molecule has 0 amide bonds. The molecule has 54 heavy (non-hydrogen) atoms. The summed E-state index contributed by atoms with van der Waals surface area (Å²) in [7, 11) is 0. The predicted molar refractivity (Wildman–Crippen MR) is 226 cm³/mol. The van der Waals surface area contributed by atoms with Crippen molar-refractivity contribution in [2.45, 2.75) is 38.5 Å². The van der Waals surface area contributed by atoms with Crippen LogP contribution in [0.4, 0.5) is 17.1 Å². The first-order chi connectivity index (χ1) is 26.3. The number of benzene rings is 8. The normalized spacial score (nSPS) is 14.6. The van der Waals surface area contributed by atoms with Gasteiger partial charge >= 0.3 is 0 Å². The van der Waals surface area contributed by atoms with E-state index in [1.54, 1.807) is 0 Å². The molecule has 1 aromatic heterocycles. The van der Waals surface area contributed by atoms with Gasteiger partial charge in [-0.25, -0.2) is 0 Å². The number of fused-ring (bicyclic) bond motifs is 11. The van der Waals surface area contributed by atoms with Gasteiger partial charge in [-0.2, -0.15) is 0 Å². The fourth-order valence-corrected chi connectivity index (χ4v) is 9.80. The molecule has 8 aromatic carbocycles. The van der Waals surface area contributed by atoms with Gasteiger partial charge < -0.3 is 9.32 Å². The van der Waals surface area contributed by atoms with E-state index in [0.717, 1.165) is 39.0 Å². The Morgan fingerprint density at radius 1 is 0.389 bits per heavy atom. The van der Waals surface area contributed by atoms with Gasteiger partial charge in [-0.05, 0) is 109 Å². The summed E-state index contributed by atoms with van der Waals surface area (Å²) in [5.74, 6) is 0. The van der Waals surface area contributed by atoms with Crippen LogP contribution in [0.3, 0.4) is 0 Å². The maximum absolute atomic E-state index is 6.86. The van der Waals surface area contributed by atoms with Gasteiger partial charge in [-0.1, -0.05) is 149 Å². The van der Waals surface area contributed by atoms with Crippen molar-refractivity contribution < 1.29 is 4.42 Å². The zero-order valence-corrected chi connectivity index (χ0v) is 30.9. The summed E-state index contributed by atoms with van der Waals surface area (Å²) in [4.78, 5) is 2.48. The average molecular weight is 694 g/mol. The Morgan fingerprint density at radius 3 is 1.56 bits per heavy atom. The third-order valence-electron chi connectivity index (χ3n) is 12.5. The SMILES string of the molecule is CC1(C)c2ccccc2-c2ccc(N(c3ccc4c(c3)C(C)(C)c3ccccc3-4)c3cccc4oc5cc(-c6ccccc6)c6ccccc6c5c34)cc21. The van der Waals surface area contributed by atoms with Crippen LogP contribution in [0.15, 0.2) is 168 Å². The lowest BCUT2D eigenvalue weighted by molar-refractivity contribution is 0.660. The minimum atomic E-state index is -0.131. The lowest BCUT2D eigenvalue weighted by Gasteiger charge is -2.30. The van der Waals surface area contributed by atoms with Crippen LogP contribution < -0.4 is 4.90 Å². The van der Waals surface area contributed by atoms with Gasteiger partial charge in [0.15, 0.2) is 0 Å². The van der Waals surface area contributed by atoms with Crippen molar-refractivity contribution in [1.29, 1.82) is 0 Å². The lowest BCUT2D eigenvalue weighted by atomic mass is 9.82. The smallest absolute Gasteiger partial charge is 0.137 e. The number of furan rings is 1. The van der Waals surface area contributed by atoms with Gasteiger partial charge in [-0.3, -0.25) is 0 Å². The van der Waals surface area contributed by atoms with Gasteiger partial charge in [0.25, 0.3) is 0 Å². The molecule has 2 heteroatoms. The first kappa shape index (κ1) is 31.2. The number of hydrogen-bond acceptors (Lipinski definition) is 2. The number of anilines is 3. The standard InChI is InChI=1S/C52H39NO/c1-51(2)42-21-12-10-18-36(42)38-27-25-33(29-44(38)51)53(34-26-28-39-37-19-11-13-22-43(37)52(3,4)45(39)30-34)46-23-14-24-47-50(46)49-40-20-9-8-17-35(40)41(31-48(49)54-47)32-15-6-5-7-16-32/h5-31H,1-4H3. The molecule has 0 bridgehead atoms. The van der Waals surface area contributed by atoms with Crippen LogP contribution in [0.1, 0.15) is 49.9 Å². The van der Waals surface area contributed by atoms with Crippen LogP contribution in [0.25, 0.3) is 66.1 Å². The van der Waals surface area contributed by atoms with Crippen LogP contribution in [0.2, 0.25) is 0 Å². The highest BCUT2D eigenvalue weighted by molar-refractivity contribution is 6.25. The first-order valence-electron chi connectivity index (χ1n) is 19.0. The van der Waals surface area contributed by atoms with Crippen molar-refractivity contribution >= 4 is 49.8 Å². The van der Waals surface area contributed by atoms with Crippen molar-refractivity contribution in [3.8, 4) is 33.4 Å². The van der Waals surface area contributed by atoms with E-state index in [1.807, 2.05) is 0 Å². The third kappa shape index (κ3) is 4.23. The average Bonchev–Trinajstić information content (AvgIpc) is 3.78. The summed E-state index contributed by atoms with van der Waals surface area (Å²) in [6, 6.07) is 60.2. The van der Waals surface area contributed by atoms with Crippen LogP contribution >= 0.6 is 0 Å². The Balaban J connectivity index is 1.20. The van der Waals surface area contributed by atoms with Gasteiger partial charge in [0.2, 0.25) is 0 Å². The molecule has 0 spiro atoms. The molecule has 0 atom stereocenters. The van der Waals surface area contributed by atoms with E-state index < -0.39 is 0 Å². The van der Waals surface area contributed by atoms with Crippen LogP contribution in [0, 0.1) is 0 Å². The zero-order valence-electron chi connectivity index (χ0n) is 30.9. The molecule has 0 fully saturated rings. The van der Waals surface area contributed by atoms with Crippen LogP contribution in [0.5, 0.6) is 0 Å². The van der Waals surface area contributed by atoms with Crippen molar-refractivity contribution in [2.24, 2.45) is 0 Å². The highest BCUT2D eigenvalue weighted by Gasteiger charge is 2.38. The molecule has 0 N–H and O–H groups in total. The number of nitrogens with zero attached hydrogens (tertiary/aromatic N) is 1. The summed E-state index contributed by atoms with van der Waals surface area (Å²) < 4.78 is 6.86. The fraction of sp³-hybridized carbons (Fsp3) is 0.115. The lowest BCUT2D eigenvalue weighted by Crippen LogP contribution is -2.18. The van der Waals surface area contributed by atoms with E-state index in [0.29, 0.717) is 0 Å². The van der Waals surface area contributed by atoms with Gasteiger partial charge in [-0.15, -0.1) is 0 Å². The summed E-state index contributed by atoms with van der Waals surface area (Å²) in [5.41, 5.74) is 18.0. The Bertz CT molecular complexity index is 2890. The topological polar surface area (TPSA) is 16.4 Å². The molecule has 0 radical (unpaired) electrons. The van der Waals surface area contributed by atoms with Crippen molar-refractivity contribution in [2.75, 3.05) is 4.90 Å². The number of rotatable bonds is 4. The predicted octanol–water partition coefficient (Wildman–Crippen LogP) is 14.5. The monoisotopic (exact) mass is 693 g/mol. The summed E-state index contributed by atoms with van der Waals surface area (Å²) in [6.45, 7) is 9.45. The summed E-state index contributed by atoms with van der Waals surface area (Å²) >= 11 is 0. The second-order valence-corrected chi connectivity index (χ2v) is 16.1. The van der Waals surface area contributed by atoms with Crippen LogP contribution in [-0.4, -0.2) is 0 Å². The molecule has 11 rings (SSSR count). The van der Waals surface area contributed by atoms with E-state index in [4.69, 9.17) is 4.42 Å². The highest BCUT2D eigenvalue weighted by Crippen LogP contribution is 2.54. The summed E-state index contributed by atoms with van der Waals surface area (Å²) in [5, 5.41) is 4.67. The molecule has 0 saturated heterocycles. The second kappa shape index (κ2) is 11.1. The molecule has 2 aliphatic carbocycles. The minimum Gasteiger partial charge on any atom is -0.456 e. The molecule has 0 aliphatic heterocycles. The van der Waals surface area contributed by atoms with Crippen molar-refractivity contribution in [3.63, 3.8) is 0 Å². The van der Waals surface area contributed by atoms with Crippen molar-refractivity contribution in [1.82, 2.24) is 0 Å². The Hall–Kier alpha value is -6.38. The minimum absolute atomic E-state index is 0.131. The van der Waals surface area contributed by atoms with Gasteiger partial charge in [0.05, 0.1) is 11.1 Å². The molecule has 2 nitrogen and oxygen atoms in total. The Morgan fingerprint density at radius 2 is 0.926 bits per heavy atom. The van der Waals surface area contributed by atoms with E-state index in [1.165, 1.54) is 66.4 Å². The van der Waals surface area contributed by atoms with E-state index in [-0.39, 0.29) is 10.8 Å². The van der Waals surface area contributed by atoms with E-state index in [9.17, 15) is 0 Å². The maximum Gasteiger partial charge on any atom is 0.137 e. The van der Waals surface area contributed by atoms with E-state index >= 15 is 0 Å². The fourth-order valence-electron chi connectivity index (χ4n) is 9.80. The molecular weight excluding hydrogens is 655 g/mol. The Labute approximate surface area is 315 Å². The van der Waals surface area contributed by atoms with Crippen molar-refractivity contribution in [3.05, 3.63) is 186 Å². The maximum atomic E-state index is 6.86.